The van der Waals surface area contributed by atoms with E-state index in [0.29, 0.717) is 29.7 Å². The fourth-order valence-corrected chi connectivity index (χ4v) is 6.32. The summed E-state index contributed by atoms with van der Waals surface area (Å²) in [6, 6.07) is 12.3. The van der Waals surface area contributed by atoms with E-state index in [-0.39, 0.29) is 10.8 Å². The number of carbonyl (C=O) groups is 1. The van der Waals surface area contributed by atoms with Crippen LogP contribution in [0.15, 0.2) is 52.7 Å². The second-order valence-electron chi connectivity index (χ2n) is 8.45. The molecule has 0 unspecified atom stereocenters. The predicted molar refractivity (Wildman–Crippen MR) is 129 cm³/mol. The molecular formula is C24H27N3O3S2. The van der Waals surface area contributed by atoms with Gasteiger partial charge in [0.05, 0.1) is 10.6 Å². The summed E-state index contributed by atoms with van der Waals surface area (Å²) in [6.07, 6.45) is 1.92. The highest BCUT2D eigenvalue weighted by Gasteiger charge is 2.28. The zero-order valence-electron chi connectivity index (χ0n) is 18.5. The molecule has 1 aromatic heterocycles. The molecule has 1 fully saturated rings. The summed E-state index contributed by atoms with van der Waals surface area (Å²) in [4.78, 5) is 17.4. The third-order valence-corrected chi connectivity index (χ3v) is 8.39. The molecule has 32 heavy (non-hydrogen) atoms. The molecule has 1 amide bonds. The van der Waals surface area contributed by atoms with Gasteiger partial charge in [-0.2, -0.15) is 4.31 Å². The number of amides is 1. The van der Waals surface area contributed by atoms with Gasteiger partial charge in [-0.3, -0.25) is 10.1 Å². The normalized spacial score (nSPS) is 17.3. The van der Waals surface area contributed by atoms with Crippen molar-refractivity contribution in [3.8, 4) is 11.3 Å². The molecule has 2 heterocycles. The van der Waals surface area contributed by atoms with Crippen LogP contribution in [0, 0.1) is 19.8 Å². The lowest BCUT2D eigenvalue weighted by Gasteiger charge is -2.30. The summed E-state index contributed by atoms with van der Waals surface area (Å²) in [5, 5.41) is 5.24. The van der Waals surface area contributed by atoms with Gasteiger partial charge in [0.25, 0.3) is 5.91 Å². The van der Waals surface area contributed by atoms with Gasteiger partial charge in [0.1, 0.15) is 0 Å². The summed E-state index contributed by atoms with van der Waals surface area (Å²) < 4.78 is 27.4. The molecule has 8 heteroatoms. The van der Waals surface area contributed by atoms with Gasteiger partial charge >= 0.3 is 0 Å². The van der Waals surface area contributed by atoms with Gasteiger partial charge in [-0.1, -0.05) is 30.7 Å². The Morgan fingerprint density at radius 3 is 2.59 bits per heavy atom. The molecule has 0 bridgehead atoms. The molecule has 4 rings (SSSR count). The number of aromatic nitrogens is 1. The molecule has 1 saturated heterocycles. The maximum Gasteiger partial charge on any atom is 0.257 e. The number of aryl methyl sites for hydroxylation is 2. The lowest BCUT2D eigenvalue weighted by molar-refractivity contribution is 0.102. The molecule has 3 aromatic rings. The first-order valence-corrected chi connectivity index (χ1v) is 13.0. The molecule has 0 saturated carbocycles. The van der Waals surface area contributed by atoms with Crippen molar-refractivity contribution < 1.29 is 13.2 Å². The highest BCUT2D eigenvalue weighted by atomic mass is 32.2. The number of anilines is 1. The van der Waals surface area contributed by atoms with E-state index in [1.165, 1.54) is 29.0 Å². The third-order valence-electron chi connectivity index (χ3n) is 5.76. The second-order valence-corrected chi connectivity index (χ2v) is 11.2. The van der Waals surface area contributed by atoms with Gasteiger partial charge in [-0.25, -0.2) is 13.4 Å². The minimum absolute atomic E-state index is 0.217. The van der Waals surface area contributed by atoms with E-state index in [1.54, 1.807) is 16.4 Å². The molecule has 168 valence electrons. The van der Waals surface area contributed by atoms with Crippen molar-refractivity contribution in [2.24, 2.45) is 5.92 Å². The highest BCUT2D eigenvalue weighted by molar-refractivity contribution is 7.89. The SMILES string of the molecule is Cc1ccc(-c2csc(NC(=O)c3ccc(S(=O)(=O)N4CCC[C@@H](C)C4)cc3)n2)c(C)c1. The summed E-state index contributed by atoms with van der Waals surface area (Å²) in [5.41, 5.74) is 4.57. The van der Waals surface area contributed by atoms with Crippen molar-refractivity contribution in [1.29, 1.82) is 0 Å². The maximum atomic E-state index is 12.9. The molecule has 1 N–H and O–H groups in total. The lowest BCUT2D eigenvalue weighted by Crippen LogP contribution is -2.39. The number of carbonyl (C=O) groups excluding carboxylic acids is 1. The van der Waals surface area contributed by atoms with E-state index in [0.717, 1.165) is 29.7 Å². The van der Waals surface area contributed by atoms with Crippen molar-refractivity contribution in [3.63, 3.8) is 0 Å². The minimum Gasteiger partial charge on any atom is -0.298 e. The zero-order valence-corrected chi connectivity index (χ0v) is 20.1. The van der Waals surface area contributed by atoms with Gasteiger partial charge in [-0.15, -0.1) is 11.3 Å². The van der Waals surface area contributed by atoms with E-state index in [2.05, 4.69) is 23.3 Å². The average molecular weight is 470 g/mol. The van der Waals surface area contributed by atoms with Crippen molar-refractivity contribution in [2.45, 2.75) is 38.5 Å². The fraction of sp³-hybridized carbons (Fsp3) is 0.333. The summed E-state index contributed by atoms with van der Waals surface area (Å²) >= 11 is 1.36. The van der Waals surface area contributed by atoms with Crippen LogP contribution < -0.4 is 5.32 Å². The molecule has 1 aliphatic rings. The van der Waals surface area contributed by atoms with E-state index in [9.17, 15) is 13.2 Å². The number of hydrogen-bond donors (Lipinski definition) is 1. The van der Waals surface area contributed by atoms with Gasteiger partial charge in [0.15, 0.2) is 5.13 Å². The topological polar surface area (TPSA) is 79.4 Å². The zero-order chi connectivity index (χ0) is 22.9. The predicted octanol–water partition coefficient (Wildman–Crippen LogP) is 5.10. The summed E-state index contributed by atoms with van der Waals surface area (Å²) in [7, 11) is -3.54. The molecule has 6 nitrogen and oxygen atoms in total. The maximum absolute atomic E-state index is 12.9. The first kappa shape index (κ1) is 22.6. The molecular weight excluding hydrogens is 442 g/mol. The van der Waals surface area contributed by atoms with Crippen LogP contribution in [0.5, 0.6) is 0 Å². The first-order valence-electron chi connectivity index (χ1n) is 10.7. The Morgan fingerprint density at radius 1 is 1.16 bits per heavy atom. The van der Waals surface area contributed by atoms with Crippen molar-refractivity contribution in [2.75, 3.05) is 18.4 Å². The van der Waals surface area contributed by atoms with Crippen molar-refractivity contribution >= 4 is 32.4 Å². The Labute approximate surface area is 193 Å². The quantitative estimate of drug-likeness (QED) is 0.564. The smallest absolute Gasteiger partial charge is 0.257 e. The highest BCUT2D eigenvalue weighted by Crippen LogP contribution is 2.28. The monoisotopic (exact) mass is 469 g/mol. The number of rotatable bonds is 5. The Morgan fingerprint density at radius 2 is 1.91 bits per heavy atom. The van der Waals surface area contributed by atoms with Crippen molar-refractivity contribution in [3.05, 3.63) is 64.5 Å². The van der Waals surface area contributed by atoms with Crippen LogP contribution >= 0.6 is 11.3 Å². The Bertz CT molecular complexity index is 1230. The summed E-state index contributed by atoms with van der Waals surface area (Å²) in [5.74, 6) is 0.0394. The number of nitrogens with zero attached hydrogens (tertiary/aromatic N) is 2. The number of nitrogens with one attached hydrogen (secondary N) is 1. The molecule has 0 radical (unpaired) electrons. The van der Waals surface area contributed by atoms with Gasteiger partial charge in [0.2, 0.25) is 10.0 Å². The largest absolute Gasteiger partial charge is 0.298 e. The molecule has 1 atom stereocenters. The molecule has 2 aromatic carbocycles. The standard InChI is InChI=1S/C24H27N3O3S2/c1-16-6-11-21(18(3)13-16)22-15-31-24(25-22)26-23(28)19-7-9-20(10-8-19)32(29,30)27-12-4-5-17(2)14-27/h6-11,13,15,17H,4-5,12,14H2,1-3H3,(H,25,26,28)/t17-/m1/s1. The van der Waals surface area contributed by atoms with Crippen LogP contribution in [-0.4, -0.2) is 36.7 Å². The number of piperidine rings is 1. The molecule has 1 aliphatic heterocycles. The van der Waals surface area contributed by atoms with Gasteiger partial charge in [0, 0.05) is 29.6 Å². The van der Waals surface area contributed by atoms with Crippen LogP contribution in [0.1, 0.15) is 41.3 Å². The van der Waals surface area contributed by atoms with E-state index < -0.39 is 10.0 Å². The van der Waals surface area contributed by atoms with Crippen LogP contribution in [0.25, 0.3) is 11.3 Å². The third kappa shape index (κ3) is 4.77. The van der Waals surface area contributed by atoms with Gasteiger partial charge < -0.3 is 0 Å². The Hall–Kier alpha value is -2.55. The number of hydrogen-bond acceptors (Lipinski definition) is 5. The van der Waals surface area contributed by atoms with Gasteiger partial charge in [-0.05, 0) is 62.4 Å². The molecule has 0 spiro atoms. The Kier molecular flexibility index (Phi) is 6.46. The van der Waals surface area contributed by atoms with Crippen LogP contribution in [-0.2, 0) is 10.0 Å². The number of sulfonamides is 1. The van der Waals surface area contributed by atoms with Crippen LogP contribution in [0.4, 0.5) is 5.13 Å². The summed E-state index contributed by atoms with van der Waals surface area (Å²) in [6.45, 7) is 7.24. The first-order chi connectivity index (χ1) is 15.2. The van der Waals surface area contributed by atoms with Crippen LogP contribution in [0.2, 0.25) is 0 Å². The minimum atomic E-state index is -3.54. The van der Waals surface area contributed by atoms with Crippen LogP contribution in [0.3, 0.4) is 0 Å². The van der Waals surface area contributed by atoms with Crippen molar-refractivity contribution in [1.82, 2.24) is 9.29 Å². The molecule has 0 aliphatic carbocycles. The van der Waals surface area contributed by atoms with E-state index >= 15 is 0 Å². The fourth-order valence-electron chi connectivity index (χ4n) is 4.02. The van der Waals surface area contributed by atoms with E-state index in [1.807, 2.05) is 31.4 Å². The number of thiazole rings is 1. The van der Waals surface area contributed by atoms with E-state index in [4.69, 9.17) is 0 Å². The number of benzene rings is 2. The lowest BCUT2D eigenvalue weighted by atomic mass is 10.0. The average Bonchev–Trinajstić information content (AvgIpc) is 3.22. The second kappa shape index (κ2) is 9.13. The Balaban J connectivity index is 1.46.